The first-order valence-electron chi connectivity index (χ1n) is 4.12. The van der Waals surface area contributed by atoms with Crippen molar-refractivity contribution in [3.05, 3.63) is 29.3 Å². The number of aryl methyl sites for hydroxylation is 1. The molecule has 1 aliphatic rings. The number of alkyl halides is 1. The molecule has 2 nitrogen and oxygen atoms in total. The Labute approximate surface area is 75.3 Å². The van der Waals surface area contributed by atoms with Crippen molar-refractivity contribution in [1.82, 2.24) is 0 Å². The number of hydrogen-bond acceptors (Lipinski definition) is 2. The van der Waals surface area contributed by atoms with Crippen LogP contribution in [0.25, 0.3) is 0 Å². The van der Waals surface area contributed by atoms with Gasteiger partial charge in [0.05, 0.1) is 0 Å². The Morgan fingerprint density at radius 3 is 3.08 bits per heavy atom. The van der Waals surface area contributed by atoms with Crippen LogP contribution in [0.4, 0.5) is 4.39 Å². The molecule has 0 spiro atoms. The topological polar surface area (TPSA) is 26.3 Å². The van der Waals surface area contributed by atoms with Gasteiger partial charge in [0.2, 0.25) is 6.17 Å². The van der Waals surface area contributed by atoms with Gasteiger partial charge in [0, 0.05) is 6.42 Å². The number of halogens is 1. The van der Waals surface area contributed by atoms with Crippen molar-refractivity contribution in [3.63, 3.8) is 0 Å². The van der Waals surface area contributed by atoms with Gasteiger partial charge in [-0.3, -0.25) is 0 Å². The summed E-state index contributed by atoms with van der Waals surface area (Å²) < 4.78 is 17.7. The molecule has 68 valence electrons. The van der Waals surface area contributed by atoms with Crippen LogP contribution in [0.1, 0.15) is 11.1 Å². The number of benzene rings is 1. The maximum Gasteiger partial charge on any atom is 0.346 e. The molecular weight excluding hydrogens is 171 g/mol. The summed E-state index contributed by atoms with van der Waals surface area (Å²) >= 11 is 0. The van der Waals surface area contributed by atoms with Crippen molar-refractivity contribution >= 4 is 5.97 Å². The molecule has 0 aliphatic carbocycles. The maximum absolute atomic E-state index is 12.9. The SMILES string of the molecule is Cc1ccc2c(c1)CC(F)C(=O)O2. The van der Waals surface area contributed by atoms with Crippen LogP contribution in [-0.4, -0.2) is 12.1 Å². The lowest BCUT2D eigenvalue weighted by Gasteiger charge is -2.18. The van der Waals surface area contributed by atoms with Crippen LogP contribution in [0.15, 0.2) is 18.2 Å². The van der Waals surface area contributed by atoms with Crippen molar-refractivity contribution in [1.29, 1.82) is 0 Å². The van der Waals surface area contributed by atoms with Crippen molar-refractivity contribution in [2.75, 3.05) is 0 Å². The highest BCUT2D eigenvalue weighted by molar-refractivity contribution is 5.80. The zero-order valence-corrected chi connectivity index (χ0v) is 7.21. The molecule has 0 radical (unpaired) electrons. The van der Waals surface area contributed by atoms with E-state index in [0.29, 0.717) is 5.75 Å². The second kappa shape index (κ2) is 2.83. The first kappa shape index (κ1) is 8.23. The highest BCUT2D eigenvalue weighted by Crippen LogP contribution is 2.27. The molecule has 13 heavy (non-hydrogen) atoms. The van der Waals surface area contributed by atoms with Crippen LogP contribution in [0.5, 0.6) is 5.75 Å². The fraction of sp³-hybridized carbons (Fsp3) is 0.300. The lowest BCUT2D eigenvalue weighted by atomic mass is 10.0. The summed E-state index contributed by atoms with van der Waals surface area (Å²) in [5, 5.41) is 0. The highest BCUT2D eigenvalue weighted by atomic mass is 19.1. The molecule has 0 aromatic heterocycles. The molecule has 1 aromatic rings. The molecule has 1 aromatic carbocycles. The van der Waals surface area contributed by atoms with E-state index in [0.717, 1.165) is 11.1 Å². The number of rotatable bonds is 0. The van der Waals surface area contributed by atoms with Gasteiger partial charge in [0.25, 0.3) is 0 Å². The van der Waals surface area contributed by atoms with E-state index in [9.17, 15) is 9.18 Å². The largest absolute Gasteiger partial charge is 0.424 e. The Bertz CT molecular complexity index is 360. The zero-order chi connectivity index (χ0) is 9.42. The Morgan fingerprint density at radius 1 is 1.54 bits per heavy atom. The number of ether oxygens (including phenoxy) is 1. The monoisotopic (exact) mass is 180 g/mol. The third kappa shape index (κ3) is 1.41. The molecule has 0 saturated carbocycles. The van der Waals surface area contributed by atoms with E-state index in [1.165, 1.54) is 0 Å². The van der Waals surface area contributed by atoms with Crippen molar-refractivity contribution in [2.45, 2.75) is 19.5 Å². The second-order valence-electron chi connectivity index (χ2n) is 3.20. The quantitative estimate of drug-likeness (QED) is 0.449. The molecular formula is C10H9FO2. The standard InChI is InChI=1S/C10H9FO2/c1-6-2-3-9-7(4-6)5-8(11)10(12)13-9/h2-4,8H,5H2,1H3. The fourth-order valence-electron chi connectivity index (χ4n) is 1.42. The molecule has 0 N–H and O–H groups in total. The molecule has 0 amide bonds. The minimum absolute atomic E-state index is 0.135. The van der Waals surface area contributed by atoms with Gasteiger partial charge in [-0.25, -0.2) is 9.18 Å². The van der Waals surface area contributed by atoms with Gasteiger partial charge in [0.1, 0.15) is 5.75 Å². The summed E-state index contributed by atoms with van der Waals surface area (Å²) in [4.78, 5) is 10.8. The van der Waals surface area contributed by atoms with E-state index < -0.39 is 12.1 Å². The molecule has 1 aliphatic heterocycles. The smallest absolute Gasteiger partial charge is 0.346 e. The number of esters is 1. The molecule has 0 bridgehead atoms. The van der Waals surface area contributed by atoms with E-state index >= 15 is 0 Å². The molecule has 1 atom stereocenters. The van der Waals surface area contributed by atoms with Crippen LogP contribution in [0.3, 0.4) is 0 Å². The summed E-state index contributed by atoms with van der Waals surface area (Å²) in [5.41, 5.74) is 1.82. The Hall–Kier alpha value is -1.38. The van der Waals surface area contributed by atoms with E-state index in [1.54, 1.807) is 6.07 Å². The lowest BCUT2D eigenvalue weighted by molar-refractivity contribution is -0.141. The van der Waals surface area contributed by atoms with Crippen molar-refractivity contribution in [2.24, 2.45) is 0 Å². The average molecular weight is 180 g/mol. The summed E-state index contributed by atoms with van der Waals surface area (Å²) in [6.07, 6.45) is -1.37. The van der Waals surface area contributed by atoms with Crippen LogP contribution in [0, 0.1) is 6.92 Å². The van der Waals surface area contributed by atoms with Crippen LogP contribution in [0.2, 0.25) is 0 Å². The molecule has 1 heterocycles. The Morgan fingerprint density at radius 2 is 2.31 bits per heavy atom. The third-order valence-corrected chi connectivity index (χ3v) is 2.08. The maximum atomic E-state index is 12.9. The predicted molar refractivity (Wildman–Crippen MR) is 45.4 cm³/mol. The zero-order valence-electron chi connectivity index (χ0n) is 7.21. The summed E-state index contributed by atoms with van der Waals surface area (Å²) in [5.74, 6) is -0.291. The van der Waals surface area contributed by atoms with Crippen LogP contribution in [-0.2, 0) is 11.2 Å². The van der Waals surface area contributed by atoms with E-state index in [2.05, 4.69) is 0 Å². The van der Waals surface area contributed by atoms with Gasteiger partial charge in [-0.1, -0.05) is 17.7 Å². The fourth-order valence-corrected chi connectivity index (χ4v) is 1.42. The van der Waals surface area contributed by atoms with Gasteiger partial charge in [-0.2, -0.15) is 0 Å². The number of carbonyl (C=O) groups excluding carboxylic acids is 1. The molecule has 3 heteroatoms. The molecule has 0 fully saturated rings. The number of hydrogen-bond donors (Lipinski definition) is 0. The summed E-state index contributed by atoms with van der Waals surface area (Å²) in [6.45, 7) is 1.92. The predicted octanol–water partition coefficient (Wildman–Crippen LogP) is 1.79. The highest BCUT2D eigenvalue weighted by Gasteiger charge is 2.27. The van der Waals surface area contributed by atoms with E-state index in [1.807, 2.05) is 19.1 Å². The van der Waals surface area contributed by atoms with Crippen LogP contribution < -0.4 is 4.74 Å². The van der Waals surface area contributed by atoms with E-state index in [-0.39, 0.29) is 6.42 Å². The minimum atomic E-state index is -1.51. The van der Waals surface area contributed by atoms with Gasteiger partial charge in [0.15, 0.2) is 0 Å². The Balaban J connectivity index is 2.42. The van der Waals surface area contributed by atoms with Gasteiger partial charge in [-0.15, -0.1) is 0 Å². The summed E-state index contributed by atoms with van der Waals surface area (Å²) in [6, 6.07) is 5.38. The van der Waals surface area contributed by atoms with Gasteiger partial charge >= 0.3 is 5.97 Å². The third-order valence-electron chi connectivity index (χ3n) is 2.08. The van der Waals surface area contributed by atoms with Gasteiger partial charge < -0.3 is 4.74 Å². The molecule has 1 unspecified atom stereocenters. The molecule has 0 saturated heterocycles. The summed E-state index contributed by atoms with van der Waals surface area (Å²) in [7, 11) is 0. The van der Waals surface area contributed by atoms with Crippen LogP contribution >= 0.6 is 0 Å². The second-order valence-corrected chi connectivity index (χ2v) is 3.20. The molecule has 2 rings (SSSR count). The normalized spacial score (nSPS) is 20.8. The van der Waals surface area contributed by atoms with E-state index in [4.69, 9.17) is 4.74 Å². The lowest BCUT2D eigenvalue weighted by Crippen LogP contribution is -2.28. The minimum Gasteiger partial charge on any atom is -0.424 e. The van der Waals surface area contributed by atoms with Crippen molar-refractivity contribution < 1.29 is 13.9 Å². The first-order chi connectivity index (χ1) is 6.16. The van der Waals surface area contributed by atoms with Crippen molar-refractivity contribution in [3.8, 4) is 5.75 Å². The number of carbonyl (C=O) groups is 1. The van der Waals surface area contributed by atoms with Gasteiger partial charge in [-0.05, 0) is 18.6 Å². The number of fused-ring (bicyclic) bond motifs is 1. The Kier molecular flexibility index (Phi) is 1.79. The average Bonchev–Trinajstić information content (AvgIpc) is 2.08. The first-order valence-corrected chi connectivity index (χ1v) is 4.12.